The lowest BCUT2D eigenvalue weighted by atomic mass is 10.2. The van der Waals surface area contributed by atoms with E-state index in [0.717, 1.165) is 24.3 Å². The third-order valence-corrected chi connectivity index (χ3v) is 5.69. The second-order valence-corrected chi connectivity index (χ2v) is 7.67. The number of benzene rings is 1. The van der Waals surface area contributed by atoms with Gasteiger partial charge in [-0.2, -0.15) is 0 Å². The Kier molecular flexibility index (Phi) is 6.13. The third-order valence-electron chi connectivity index (χ3n) is 3.83. The monoisotopic (exact) mass is 347 g/mol. The number of hydrogen-bond donors (Lipinski definition) is 0. The SMILES string of the molecule is O=C(CSc1ccccc1)N(Cc1cccs1)CC1CCCO1. The van der Waals surface area contributed by atoms with Crippen LogP contribution in [0, 0.1) is 0 Å². The van der Waals surface area contributed by atoms with Crippen molar-refractivity contribution < 1.29 is 9.53 Å². The molecule has 23 heavy (non-hydrogen) atoms. The highest BCUT2D eigenvalue weighted by molar-refractivity contribution is 8.00. The summed E-state index contributed by atoms with van der Waals surface area (Å²) in [4.78, 5) is 17.0. The first kappa shape index (κ1) is 16.6. The maximum Gasteiger partial charge on any atom is 0.233 e. The van der Waals surface area contributed by atoms with Crippen molar-refractivity contribution in [2.45, 2.75) is 30.4 Å². The molecule has 1 aliphatic heterocycles. The van der Waals surface area contributed by atoms with Crippen LogP contribution in [0.2, 0.25) is 0 Å². The number of carbonyl (C=O) groups excluding carboxylic acids is 1. The van der Waals surface area contributed by atoms with Crippen molar-refractivity contribution in [3.8, 4) is 0 Å². The van der Waals surface area contributed by atoms with E-state index >= 15 is 0 Å². The van der Waals surface area contributed by atoms with Gasteiger partial charge in [-0.1, -0.05) is 24.3 Å². The minimum absolute atomic E-state index is 0.183. The zero-order chi connectivity index (χ0) is 15.9. The predicted molar refractivity (Wildman–Crippen MR) is 95.9 cm³/mol. The Morgan fingerprint density at radius 2 is 2.13 bits per heavy atom. The van der Waals surface area contributed by atoms with Gasteiger partial charge in [-0.15, -0.1) is 23.1 Å². The molecule has 1 saturated heterocycles. The summed E-state index contributed by atoms with van der Waals surface area (Å²) in [5.74, 6) is 0.657. The van der Waals surface area contributed by atoms with E-state index in [1.807, 2.05) is 41.3 Å². The number of hydrogen-bond acceptors (Lipinski definition) is 4. The predicted octanol–water partition coefficient (Wildman–Crippen LogP) is 4.05. The molecule has 0 radical (unpaired) electrons. The van der Waals surface area contributed by atoms with E-state index in [0.29, 0.717) is 18.8 Å². The lowest BCUT2D eigenvalue weighted by Crippen LogP contribution is -2.37. The Balaban J connectivity index is 1.59. The highest BCUT2D eigenvalue weighted by Gasteiger charge is 2.23. The quantitative estimate of drug-likeness (QED) is 0.708. The normalized spacial score (nSPS) is 17.3. The number of thioether (sulfide) groups is 1. The first-order valence-electron chi connectivity index (χ1n) is 7.91. The molecule has 0 bridgehead atoms. The maximum atomic E-state index is 12.7. The van der Waals surface area contributed by atoms with Crippen LogP contribution in [0.1, 0.15) is 17.7 Å². The number of carbonyl (C=O) groups is 1. The summed E-state index contributed by atoms with van der Waals surface area (Å²) in [6.45, 7) is 2.21. The number of thiophene rings is 1. The van der Waals surface area contributed by atoms with Crippen LogP contribution in [-0.2, 0) is 16.1 Å². The van der Waals surface area contributed by atoms with Crippen LogP contribution in [0.25, 0.3) is 0 Å². The maximum absolute atomic E-state index is 12.7. The van der Waals surface area contributed by atoms with E-state index in [2.05, 4.69) is 11.4 Å². The molecular weight excluding hydrogens is 326 g/mol. The molecule has 1 unspecified atom stereocenters. The summed E-state index contributed by atoms with van der Waals surface area (Å²) >= 11 is 3.30. The molecule has 0 saturated carbocycles. The van der Waals surface area contributed by atoms with Crippen LogP contribution < -0.4 is 0 Å². The third kappa shape index (κ3) is 5.09. The molecular formula is C18H21NO2S2. The summed E-state index contributed by atoms with van der Waals surface area (Å²) in [6.07, 6.45) is 2.35. The minimum Gasteiger partial charge on any atom is -0.376 e. The van der Waals surface area contributed by atoms with Gasteiger partial charge < -0.3 is 9.64 Å². The molecule has 1 aromatic carbocycles. The van der Waals surface area contributed by atoms with Gasteiger partial charge in [0.2, 0.25) is 5.91 Å². The molecule has 1 aliphatic rings. The molecule has 0 aliphatic carbocycles. The first-order valence-corrected chi connectivity index (χ1v) is 9.77. The average molecular weight is 348 g/mol. The van der Waals surface area contributed by atoms with Gasteiger partial charge in [0.1, 0.15) is 0 Å². The van der Waals surface area contributed by atoms with Crippen LogP contribution in [0.5, 0.6) is 0 Å². The topological polar surface area (TPSA) is 29.5 Å². The molecule has 0 spiro atoms. The molecule has 2 heterocycles. The van der Waals surface area contributed by atoms with Crippen molar-refractivity contribution >= 4 is 29.0 Å². The molecule has 5 heteroatoms. The van der Waals surface area contributed by atoms with Crippen molar-refractivity contribution in [2.75, 3.05) is 18.9 Å². The van der Waals surface area contributed by atoms with Gasteiger partial charge in [0.25, 0.3) is 0 Å². The van der Waals surface area contributed by atoms with Crippen molar-refractivity contribution in [3.05, 3.63) is 52.7 Å². The van der Waals surface area contributed by atoms with Crippen molar-refractivity contribution in [1.82, 2.24) is 4.90 Å². The summed E-state index contributed by atoms with van der Waals surface area (Å²) < 4.78 is 5.72. The highest BCUT2D eigenvalue weighted by Crippen LogP contribution is 2.21. The molecule has 122 valence electrons. The number of rotatable bonds is 7. The van der Waals surface area contributed by atoms with Crippen LogP contribution >= 0.6 is 23.1 Å². The smallest absolute Gasteiger partial charge is 0.233 e. The summed E-state index contributed by atoms with van der Waals surface area (Å²) in [5.41, 5.74) is 0. The van der Waals surface area contributed by atoms with Gasteiger partial charge in [-0.25, -0.2) is 0 Å². The van der Waals surface area contributed by atoms with Crippen LogP contribution in [0.15, 0.2) is 52.7 Å². The van der Waals surface area contributed by atoms with Gasteiger partial charge >= 0.3 is 0 Å². The van der Waals surface area contributed by atoms with Crippen LogP contribution in [0.3, 0.4) is 0 Å². The Labute approximate surface area is 145 Å². The fraction of sp³-hybridized carbons (Fsp3) is 0.389. The lowest BCUT2D eigenvalue weighted by Gasteiger charge is -2.25. The Morgan fingerprint density at radius 3 is 2.83 bits per heavy atom. The average Bonchev–Trinajstić information content (AvgIpc) is 3.27. The van der Waals surface area contributed by atoms with Gasteiger partial charge in [0.05, 0.1) is 18.4 Å². The van der Waals surface area contributed by atoms with E-state index in [1.54, 1.807) is 23.1 Å². The second-order valence-electron chi connectivity index (χ2n) is 5.59. The molecule has 3 nitrogen and oxygen atoms in total. The molecule has 1 atom stereocenters. The lowest BCUT2D eigenvalue weighted by molar-refractivity contribution is -0.130. The Morgan fingerprint density at radius 1 is 1.26 bits per heavy atom. The van der Waals surface area contributed by atoms with Gasteiger partial charge in [0.15, 0.2) is 0 Å². The van der Waals surface area contributed by atoms with Gasteiger partial charge in [-0.05, 0) is 36.4 Å². The fourth-order valence-electron chi connectivity index (χ4n) is 2.63. The Hall–Kier alpha value is -1.30. The van der Waals surface area contributed by atoms with E-state index in [9.17, 15) is 4.79 Å². The van der Waals surface area contributed by atoms with Crippen LogP contribution in [-0.4, -0.2) is 35.8 Å². The molecule has 2 aromatic rings. The zero-order valence-electron chi connectivity index (χ0n) is 13.0. The standard InChI is InChI=1S/C18H21NO2S2/c20-18(14-23-16-7-2-1-3-8-16)19(12-15-6-4-10-21-15)13-17-9-5-11-22-17/h1-3,5,7-9,11,15H,4,6,10,12-14H2. The summed E-state index contributed by atoms with van der Waals surface area (Å²) in [7, 11) is 0. The molecule has 0 N–H and O–H groups in total. The van der Waals surface area contributed by atoms with E-state index in [1.165, 1.54) is 4.88 Å². The minimum atomic E-state index is 0.183. The van der Waals surface area contributed by atoms with Crippen LogP contribution in [0.4, 0.5) is 0 Å². The largest absolute Gasteiger partial charge is 0.376 e. The second kappa shape index (κ2) is 8.52. The zero-order valence-corrected chi connectivity index (χ0v) is 14.7. The summed E-state index contributed by atoms with van der Waals surface area (Å²) in [5, 5.41) is 2.06. The molecule has 1 aromatic heterocycles. The van der Waals surface area contributed by atoms with Crippen molar-refractivity contribution in [1.29, 1.82) is 0 Å². The summed E-state index contributed by atoms with van der Waals surface area (Å²) in [6, 6.07) is 14.2. The van der Waals surface area contributed by atoms with Crippen molar-refractivity contribution in [2.24, 2.45) is 0 Å². The number of nitrogens with zero attached hydrogens (tertiary/aromatic N) is 1. The van der Waals surface area contributed by atoms with E-state index < -0.39 is 0 Å². The van der Waals surface area contributed by atoms with E-state index in [-0.39, 0.29) is 12.0 Å². The first-order chi connectivity index (χ1) is 11.3. The Bertz CT molecular complexity index is 595. The fourth-order valence-corrected chi connectivity index (χ4v) is 4.17. The number of ether oxygens (including phenoxy) is 1. The van der Waals surface area contributed by atoms with E-state index in [4.69, 9.17) is 4.74 Å². The molecule has 3 rings (SSSR count). The van der Waals surface area contributed by atoms with Crippen molar-refractivity contribution in [3.63, 3.8) is 0 Å². The van der Waals surface area contributed by atoms with Gasteiger partial charge in [-0.3, -0.25) is 4.79 Å². The molecule has 1 fully saturated rings. The molecule has 1 amide bonds. The highest BCUT2D eigenvalue weighted by atomic mass is 32.2. The van der Waals surface area contributed by atoms with Gasteiger partial charge in [0, 0.05) is 22.9 Å². The number of amides is 1.